The molecule has 154 valence electrons. The molecule has 2 rings (SSSR count). The summed E-state index contributed by atoms with van der Waals surface area (Å²) in [7, 11) is 0. The molecule has 10 nitrogen and oxygen atoms in total. The maximum Gasteiger partial charge on any atom is 0.338 e. The molecule has 0 saturated heterocycles. The van der Waals surface area contributed by atoms with Crippen LogP contribution in [-0.4, -0.2) is 44.7 Å². The van der Waals surface area contributed by atoms with Gasteiger partial charge in [0.2, 0.25) is 17.7 Å². The van der Waals surface area contributed by atoms with Gasteiger partial charge >= 0.3 is 5.97 Å². The number of carbonyl (C=O) groups is 3. The number of carbonyl (C=O) groups excluding carboxylic acids is 3. The lowest BCUT2D eigenvalue weighted by Gasteiger charge is -2.12. The summed E-state index contributed by atoms with van der Waals surface area (Å²) < 4.78 is 4.89. The second-order valence-corrected chi connectivity index (χ2v) is 7.13. The molecule has 2 amide bonds. The van der Waals surface area contributed by atoms with Gasteiger partial charge in [-0.2, -0.15) is 4.98 Å². The summed E-state index contributed by atoms with van der Waals surface area (Å²) in [5, 5.41) is 14.0. The number of aromatic hydroxyl groups is 1. The first-order chi connectivity index (χ1) is 13.7. The third kappa shape index (κ3) is 6.07. The van der Waals surface area contributed by atoms with Crippen molar-refractivity contribution in [1.82, 2.24) is 9.97 Å². The topological polar surface area (TPSA) is 150 Å². The van der Waals surface area contributed by atoms with Crippen LogP contribution in [0.25, 0.3) is 0 Å². The number of esters is 1. The highest BCUT2D eigenvalue weighted by Crippen LogP contribution is 2.24. The van der Waals surface area contributed by atoms with Crippen molar-refractivity contribution in [1.29, 1.82) is 0 Å². The third-order valence-corrected chi connectivity index (χ3v) is 4.49. The number of aromatic nitrogens is 2. The van der Waals surface area contributed by atoms with Gasteiger partial charge in [0.25, 0.3) is 5.56 Å². The number of benzene rings is 1. The lowest BCUT2D eigenvalue weighted by Crippen LogP contribution is -2.24. The number of rotatable bonds is 7. The van der Waals surface area contributed by atoms with E-state index in [-0.39, 0.29) is 23.4 Å². The SMILES string of the molecule is CCOC(=O)c1ccc(NC(=O)C(C)Sc2nc(O)c(NC(C)=O)c(=O)[nH]2)cc1. The lowest BCUT2D eigenvalue weighted by molar-refractivity contribution is -0.115. The average molecular weight is 420 g/mol. The first kappa shape index (κ1) is 22.0. The van der Waals surface area contributed by atoms with E-state index in [1.165, 1.54) is 19.1 Å². The summed E-state index contributed by atoms with van der Waals surface area (Å²) in [5.74, 6) is -2.01. The van der Waals surface area contributed by atoms with Crippen molar-refractivity contribution in [3.05, 3.63) is 40.2 Å². The molecule has 0 bridgehead atoms. The van der Waals surface area contributed by atoms with E-state index in [4.69, 9.17) is 4.74 Å². The maximum atomic E-state index is 12.4. The van der Waals surface area contributed by atoms with E-state index in [1.54, 1.807) is 26.0 Å². The first-order valence-corrected chi connectivity index (χ1v) is 9.44. The van der Waals surface area contributed by atoms with E-state index in [1.807, 2.05) is 0 Å². The maximum absolute atomic E-state index is 12.4. The number of aromatic amines is 1. The monoisotopic (exact) mass is 420 g/mol. The number of amides is 2. The van der Waals surface area contributed by atoms with Gasteiger partial charge in [-0.25, -0.2) is 4.79 Å². The number of nitrogens with one attached hydrogen (secondary N) is 3. The number of H-pyrrole nitrogens is 1. The number of anilines is 2. The van der Waals surface area contributed by atoms with Crippen LogP contribution in [0, 0.1) is 0 Å². The van der Waals surface area contributed by atoms with E-state index in [0.29, 0.717) is 11.3 Å². The molecule has 0 fully saturated rings. The van der Waals surface area contributed by atoms with E-state index < -0.39 is 28.6 Å². The molecule has 0 aliphatic rings. The zero-order chi connectivity index (χ0) is 21.6. The Labute approximate surface area is 170 Å². The fraction of sp³-hybridized carbons (Fsp3) is 0.278. The molecule has 1 aromatic heterocycles. The van der Waals surface area contributed by atoms with Gasteiger partial charge in [-0.15, -0.1) is 0 Å². The molecule has 1 unspecified atom stereocenters. The highest BCUT2D eigenvalue weighted by molar-refractivity contribution is 8.00. The summed E-state index contributed by atoms with van der Waals surface area (Å²) >= 11 is 0.916. The van der Waals surface area contributed by atoms with Crippen LogP contribution in [0.5, 0.6) is 5.88 Å². The van der Waals surface area contributed by atoms with Crippen molar-refractivity contribution < 1.29 is 24.2 Å². The molecule has 0 saturated carbocycles. The van der Waals surface area contributed by atoms with Crippen LogP contribution >= 0.6 is 11.8 Å². The van der Waals surface area contributed by atoms with Crippen LogP contribution in [-0.2, 0) is 14.3 Å². The van der Waals surface area contributed by atoms with Gasteiger partial charge in [0.1, 0.15) is 0 Å². The Bertz CT molecular complexity index is 973. The number of ether oxygens (including phenoxy) is 1. The van der Waals surface area contributed by atoms with Gasteiger partial charge in [0.15, 0.2) is 10.8 Å². The molecule has 1 heterocycles. The molecular weight excluding hydrogens is 400 g/mol. The fourth-order valence-corrected chi connectivity index (χ4v) is 2.95. The molecule has 0 aliphatic heterocycles. The third-order valence-electron chi connectivity index (χ3n) is 3.50. The molecule has 11 heteroatoms. The van der Waals surface area contributed by atoms with Crippen LogP contribution in [0.3, 0.4) is 0 Å². The van der Waals surface area contributed by atoms with Crippen molar-refractivity contribution in [3.63, 3.8) is 0 Å². The van der Waals surface area contributed by atoms with Crippen molar-refractivity contribution in [3.8, 4) is 5.88 Å². The van der Waals surface area contributed by atoms with Crippen LogP contribution < -0.4 is 16.2 Å². The van der Waals surface area contributed by atoms with Gasteiger partial charge in [-0.1, -0.05) is 11.8 Å². The molecule has 0 spiro atoms. The van der Waals surface area contributed by atoms with Gasteiger partial charge in [-0.3, -0.25) is 19.4 Å². The summed E-state index contributed by atoms with van der Waals surface area (Å²) in [5.41, 5.74) is -0.261. The Morgan fingerprint density at radius 2 is 1.90 bits per heavy atom. The van der Waals surface area contributed by atoms with Crippen LogP contribution in [0.15, 0.2) is 34.2 Å². The van der Waals surface area contributed by atoms with E-state index in [9.17, 15) is 24.3 Å². The zero-order valence-electron chi connectivity index (χ0n) is 15.9. The largest absolute Gasteiger partial charge is 0.492 e. The molecule has 1 aromatic carbocycles. The zero-order valence-corrected chi connectivity index (χ0v) is 16.8. The Kier molecular flexibility index (Phi) is 7.37. The summed E-state index contributed by atoms with van der Waals surface area (Å²) in [4.78, 5) is 53.2. The molecule has 2 aromatic rings. The van der Waals surface area contributed by atoms with E-state index >= 15 is 0 Å². The average Bonchev–Trinajstić information content (AvgIpc) is 2.65. The smallest absolute Gasteiger partial charge is 0.338 e. The Hall–Kier alpha value is -3.34. The van der Waals surface area contributed by atoms with Crippen LogP contribution in [0.1, 0.15) is 31.1 Å². The number of hydrogen-bond donors (Lipinski definition) is 4. The Morgan fingerprint density at radius 3 is 2.45 bits per heavy atom. The van der Waals surface area contributed by atoms with Gasteiger partial charge in [0.05, 0.1) is 17.4 Å². The van der Waals surface area contributed by atoms with Gasteiger partial charge in [-0.05, 0) is 38.1 Å². The molecule has 29 heavy (non-hydrogen) atoms. The predicted octanol–water partition coefficient (Wildman–Crippen LogP) is 1.73. The predicted molar refractivity (Wildman–Crippen MR) is 107 cm³/mol. The lowest BCUT2D eigenvalue weighted by atomic mass is 10.2. The second kappa shape index (κ2) is 9.73. The Balaban J connectivity index is 2.03. The second-order valence-electron chi connectivity index (χ2n) is 5.80. The Morgan fingerprint density at radius 1 is 1.24 bits per heavy atom. The molecule has 4 N–H and O–H groups in total. The molecule has 1 atom stereocenters. The summed E-state index contributed by atoms with van der Waals surface area (Å²) in [6.07, 6.45) is 0. The number of hydrogen-bond acceptors (Lipinski definition) is 8. The van der Waals surface area contributed by atoms with E-state index in [2.05, 4.69) is 20.6 Å². The summed E-state index contributed by atoms with van der Waals surface area (Å²) in [6.45, 7) is 4.75. The van der Waals surface area contributed by atoms with Crippen LogP contribution in [0.2, 0.25) is 0 Å². The molecule has 0 aliphatic carbocycles. The minimum atomic E-state index is -0.739. The van der Waals surface area contributed by atoms with Crippen molar-refractivity contribution >= 4 is 40.9 Å². The van der Waals surface area contributed by atoms with Crippen molar-refractivity contribution in [2.45, 2.75) is 31.2 Å². The van der Waals surface area contributed by atoms with Crippen molar-refractivity contribution in [2.24, 2.45) is 0 Å². The molecule has 0 radical (unpaired) electrons. The molecular formula is C18H20N4O6S. The van der Waals surface area contributed by atoms with E-state index in [0.717, 1.165) is 11.8 Å². The quantitative estimate of drug-likeness (QED) is 0.300. The highest BCUT2D eigenvalue weighted by Gasteiger charge is 2.19. The summed E-state index contributed by atoms with van der Waals surface area (Å²) in [6, 6.07) is 6.19. The highest BCUT2D eigenvalue weighted by atomic mass is 32.2. The van der Waals surface area contributed by atoms with Crippen LogP contribution in [0.4, 0.5) is 11.4 Å². The normalized spacial score (nSPS) is 11.4. The van der Waals surface area contributed by atoms with Crippen molar-refractivity contribution in [2.75, 3.05) is 17.2 Å². The van der Waals surface area contributed by atoms with Gasteiger partial charge in [0, 0.05) is 12.6 Å². The number of thioether (sulfide) groups is 1. The minimum Gasteiger partial charge on any atom is -0.492 e. The number of nitrogens with zero attached hydrogens (tertiary/aromatic N) is 1. The first-order valence-electron chi connectivity index (χ1n) is 8.56. The standard InChI is InChI=1S/C18H20N4O6S/c1-4-28-17(27)11-5-7-12(8-6-11)20-14(24)9(2)29-18-21-15(25)13(16(26)22-18)19-10(3)23/h5-9H,4H2,1-3H3,(H,19,23)(H,20,24)(H2,21,22,25,26). The minimum absolute atomic E-state index is 0.0157. The van der Waals surface area contributed by atoms with Gasteiger partial charge < -0.3 is 20.5 Å². The fourth-order valence-electron chi connectivity index (χ4n) is 2.15.